The predicted octanol–water partition coefficient (Wildman–Crippen LogP) is 2.11. The first kappa shape index (κ1) is 9.58. The minimum absolute atomic E-state index is 0.193. The number of H-pyrrole nitrogens is 1. The highest BCUT2D eigenvalue weighted by Crippen LogP contribution is 2.40. The molecule has 1 aliphatic carbocycles. The molecule has 0 aromatic carbocycles. The summed E-state index contributed by atoms with van der Waals surface area (Å²) in [5.41, 5.74) is 0.750. The van der Waals surface area contributed by atoms with E-state index in [4.69, 9.17) is 0 Å². The summed E-state index contributed by atoms with van der Waals surface area (Å²) < 4.78 is 25.7. The summed E-state index contributed by atoms with van der Waals surface area (Å²) in [7, 11) is 0. The van der Waals surface area contributed by atoms with E-state index < -0.39 is 18.4 Å². The molecule has 0 aliphatic heterocycles. The summed E-state index contributed by atoms with van der Waals surface area (Å²) in [5, 5.41) is 17.8. The summed E-state index contributed by atoms with van der Waals surface area (Å²) in [6.45, 7) is 0. The number of halogens is 2. The van der Waals surface area contributed by atoms with E-state index in [1.807, 2.05) is 0 Å². The Kier molecular flexibility index (Phi) is 2.26. The van der Waals surface area contributed by atoms with E-state index in [0.29, 0.717) is 0 Å². The first-order valence-corrected chi connectivity index (χ1v) is 4.61. The third-order valence-electron chi connectivity index (χ3n) is 2.72. The fourth-order valence-corrected chi connectivity index (χ4v) is 1.94. The first-order chi connectivity index (χ1) is 6.58. The van der Waals surface area contributed by atoms with Crippen LogP contribution < -0.4 is 0 Å². The lowest BCUT2D eigenvalue weighted by atomic mass is 9.81. The Morgan fingerprint density at radius 1 is 1.57 bits per heavy atom. The number of alkyl halides is 2. The second-order valence-corrected chi connectivity index (χ2v) is 3.78. The second-order valence-electron chi connectivity index (χ2n) is 3.78. The Balaban J connectivity index is 2.10. The molecule has 0 unspecified atom stereocenters. The molecule has 3 nitrogen and oxygen atoms in total. The molecule has 1 heterocycles. The molecule has 2 atom stereocenters. The quantitative estimate of drug-likeness (QED) is 0.743. The van der Waals surface area contributed by atoms with Crippen molar-refractivity contribution in [3.63, 3.8) is 0 Å². The molecule has 1 fully saturated rings. The van der Waals surface area contributed by atoms with Gasteiger partial charge in [-0.15, -0.1) is 0 Å². The average Bonchev–Trinajstić information content (AvgIpc) is 2.54. The molecule has 1 saturated carbocycles. The minimum atomic E-state index is -2.77. The van der Waals surface area contributed by atoms with Crippen molar-refractivity contribution < 1.29 is 13.9 Å². The Bertz CT molecular complexity index is 300. The van der Waals surface area contributed by atoms with E-state index in [9.17, 15) is 13.9 Å². The van der Waals surface area contributed by atoms with E-state index in [2.05, 4.69) is 10.2 Å². The Hall–Kier alpha value is -0.970. The summed E-state index contributed by atoms with van der Waals surface area (Å²) in [6, 6.07) is 0. The summed E-state index contributed by atoms with van der Waals surface area (Å²) >= 11 is 0. The topological polar surface area (TPSA) is 48.6 Å². The van der Waals surface area contributed by atoms with Crippen LogP contribution in [0, 0.1) is 0 Å². The van der Waals surface area contributed by atoms with Crippen molar-refractivity contribution in [2.24, 2.45) is 0 Å². The second kappa shape index (κ2) is 3.31. The Labute approximate surface area is 80.1 Å². The van der Waals surface area contributed by atoms with Crippen molar-refractivity contribution >= 4 is 0 Å². The Morgan fingerprint density at radius 3 is 2.93 bits per heavy atom. The molecule has 77 valence electrons. The first-order valence-electron chi connectivity index (χ1n) is 4.61. The number of hydrogen-bond donors (Lipinski definition) is 1. The average molecular weight is 201 g/mol. The van der Waals surface area contributed by atoms with Gasteiger partial charge in [-0.2, -0.15) is 5.10 Å². The molecule has 5 heteroatoms. The number of aromatic amines is 1. The van der Waals surface area contributed by atoms with Crippen molar-refractivity contribution in [3.05, 3.63) is 18.0 Å². The van der Waals surface area contributed by atoms with Gasteiger partial charge in [-0.1, -0.05) is 0 Å². The van der Waals surface area contributed by atoms with Gasteiger partial charge in [0.25, 0.3) is 5.92 Å². The van der Waals surface area contributed by atoms with Crippen LogP contribution >= 0.6 is 0 Å². The van der Waals surface area contributed by atoms with Crippen LogP contribution in [0.4, 0.5) is 8.78 Å². The highest BCUT2D eigenvalue weighted by atomic mass is 19.3. The van der Waals surface area contributed by atoms with Crippen molar-refractivity contribution in [2.75, 3.05) is 0 Å². The van der Waals surface area contributed by atoms with Gasteiger partial charge in [-0.25, -0.2) is 13.9 Å². The fraction of sp³-hybridized carbons (Fsp3) is 0.667. The lowest BCUT2D eigenvalue weighted by Gasteiger charge is -2.30. The van der Waals surface area contributed by atoms with E-state index in [0.717, 1.165) is 5.56 Å². The lowest BCUT2D eigenvalue weighted by Crippen LogP contribution is -2.33. The van der Waals surface area contributed by atoms with Crippen LogP contribution in [-0.2, 0) is 5.11 Å². The molecule has 1 aliphatic rings. The Morgan fingerprint density at radius 2 is 2.36 bits per heavy atom. The van der Waals surface area contributed by atoms with Gasteiger partial charge in [0, 0.05) is 25.0 Å². The molecule has 14 heavy (non-hydrogen) atoms. The SMILES string of the molecule is [O][C@H]1CC(F)(F)CC[C@@H]1c1cn[nH]c1. The van der Waals surface area contributed by atoms with Gasteiger partial charge in [-0.3, -0.25) is 5.10 Å². The standard InChI is InChI=1S/C9H11F2N2O/c10-9(11)2-1-7(8(14)3-9)6-4-12-13-5-6/h4-5,7-8H,1-3H2,(H,12,13)/t7-,8+/m1/s1. The zero-order chi connectivity index (χ0) is 10.2. The molecule has 1 aromatic rings. The van der Waals surface area contributed by atoms with Gasteiger partial charge in [0.1, 0.15) is 6.10 Å². The predicted molar refractivity (Wildman–Crippen MR) is 44.6 cm³/mol. The fourth-order valence-electron chi connectivity index (χ4n) is 1.94. The van der Waals surface area contributed by atoms with Crippen LogP contribution in [0.15, 0.2) is 12.4 Å². The number of hydrogen-bond acceptors (Lipinski definition) is 1. The summed E-state index contributed by atoms with van der Waals surface area (Å²) in [6.07, 6.45) is 1.44. The van der Waals surface area contributed by atoms with E-state index in [1.165, 1.54) is 0 Å². The highest BCUT2D eigenvalue weighted by molar-refractivity contribution is 5.14. The molecule has 0 spiro atoms. The molecule has 1 N–H and O–H groups in total. The number of aromatic nitrogens is 2. The van der Waals surface area contributed by atoms with Gasteiger partial charge >= 0.3 is 0 Å². The molecule has 1 radical (unpaired) electrons. The number of nitrogens with one attached hydrogen (secondary N) is 1. The highest BCUT2D eigenvalue weighted by Gasteiger charge is 2.42. The zero-order valence-electron chi connectivity index (χ0n) is 7.54. The van der Waals surface area contributed by atoms with Crippen LogP contribution in [0.2, 0.25) is 0 Å². The van der Waals surface area contributed by atoms with Gasteiger partial charge in [0.15, 0.2) is 0 Å². The molecule has 0 amide bonds. The van der Waals surface area contributed by atoms with Crippen LogP contribution in [0.3, 0.4) is 0 Å². The van der Waals surface area contributed by atoms with E-state index in [1.54, 1.807) is 12.4 Å². The van der Waals surface area contributed by atoms with Gasteiger partial charge in [0.05, 0.1) is 6.20 Å². The van der Waals surface area contributed by atoms with Crippen LogP contribution in [0.25, 0.3) is 0 Å². The van der Waals surface area contributed by atoms with Crippen molar-refractivity contribution in [3.8, 4) is 0 Å². The number of rotatable bonds is 1. The summed E-state index contributed by atoms with van der Waals surface area (Å²) in [5.74, 6) is -3.08. The van der Waals surface area contributed by atoms with Crippen LogP contribution in [0.5, 0.6) is 0 Å². The minimum Gasteiger partial charge on any atom is -0.285 e. The van der Waals surface area contributed by atoms with Gasteiger partial charge in [0.2, 0.25) is 0 Å². The van der Waals surface area contributed by atoms with Crippen molar-refractivity contribution in [1.82, 2.24) is 10.2 Å². The van der Waals surface area contributed by atoms with Gasteiger partial charge in [-0.05, 0) is 12.0 Å². The maximum Gasteiger partial charge on any atom is 0.250 e. The molecule has 0 bridgehead atoms. The van der Waals surface area contributed by atoms with E-state index in [-0.39, 0.29) is 18.8 Å². The third kappa shape index (κ3) is 1.77. The molecule has 2 rings (SSSR count). The maximum absolute atomic E-state index is 12.8. The smallest absolute Gasteiger partial charge is 0.250 e. The van der Waals surface area contributed by atoms with Crippen LogP contribution in [-0.4, -0.2) is 22.2 Å². The largest absolute Gasteiger partial charge is 0.285 e. The molecule has 0 saturated heterocycles. The van der Waals surface area contributed by atoms with Gasteiger partial charge < -0.3 is 0 Å². The zero-order valence-corrected chi connectivity index (χ0v) is 7.54. The van der Waals surface area contributed by atoms with Crippen LogP contribution in [0.1, 0.15) is 30.7 Å². The number of nitrogens with zero attached hydrogens (tertiary/aromatic N) is 1. The maximum atomic E-state index is 12.8. The van der Waals surface area contributed by atoms with Crippen molar-refractivity contribution in [1.29, 1.82) is 0 Å². The van der Waals surface area contributed by atoms with Crippen molar-refractivity contribution in [2.45, 2.75) is 37.2 Å². The molecular weight excluding hydrogens is 190 g/mol. The monoisotopic (exact) mass is 201 g/mol. The molecule has 1 aromatic heterocycles. The molecular formula is C9H11F2N2O. The summed E-state index contributed by atoms with van der Waals surface area (Å²) in [4.78, 5) is 0. The lowest BCUT2D eigenvalue weighted by molar-refractivity contribution is -0.102. The normalized spacial score (nSPS) is 31.6. The van der Waals surface area contributed by atoms with E-state index >= 15 is 0 Å². The third-order valence-corrected chi connectivity index (χ3v) is 2.72.